The van der Waals surface area contributed by atoms with E-state index in [-0.39, 0.29) is 12.6 Å². The quantitative estimate of drug-likeness (QED) is 0.861. The maximum atomic E-state index is 12.5. The minimum Gasteiger partial charge on any atom is -0.327 e. The second-order valence-electron chi connectivity index (χ2n) is 5.72. The molecule has 0 aromatic heterocycles. The summed E-state index contributed by atoms with van der Waals surface area (Å²) >= 11 is 0. The zero-order valence-corrected chi connectivity index (χ0v) is 13.2. The summed E-state index contributed by atoms with van der Waals surface area (Å²) < 4.78 is 27.6. The molecule has 114 valence electrons. The number of rotatable bonds is 6. The lowest BCUT2D eigenvalue weighted by atomic mass is 10.1. The molecule has 0 radical (unpaired) electrons. The molecule has 0 bridgehead atoms. The van der Waals surface area contributed by atoms with Gasteiger partial charge in [0.15, 0.2) is 0 Å². The smallest absolute Gasteiger partial charge is 0.241 e. The molecule has 3 N–H and O–H groups in total. The van der Waals surface area contributed by atoms with Crippen LogP contribution >= 0.6 is 0 Å². The van der Waals surface area contributed by atoms with Gasteiger partial charge < -0.3 is 5.73 Å². The fraction of sp³-hybridized carbons (Fsp3) is 0.375. The normalized spacial score (nSPS) is 13.7. The summed E-state index contributed by atoms with van der Waals surface area (Å²) in [6.45, 7) is 4.39. The van der Waals surface area contributed by atoms with E-state index in [0.29, 0.717) is 10.8 Å². The maximum absolute atomic E-state index is 12.5. The van der Waals surface area contributed by atoms with Gasteiger partial charge in [-0.25, -0.2) is 13.1 Å². The van der Waals surface area contributed by atoms with Crippen LogP contribution in [0.5, 0.6) is 0 Å². The van der Waals surface area contributed by atoms with Gasteiger partial charge in [-0.2, -0.15) is 0 Å². The van der Waals surface area contributed by atoms with Crippen molar-refractivity contribution >= 4 is 20.8 Å². The van der Waals surface area contributed by atoms with E-state index >= 15 is 0 Å². The van der Waals surface area contributed by atoms with Crippen LogP contribution in [0.2, 0.25) is 0 Å². The van der Waals surface area contributed by atoms with Gasteiger partial charge >= 0.3 is 0 Å². The highest BCUT2D eigenvalue weighted by atomic mass is 32.2. The van der Waals surface area contributed by atoms with Gasteiger partial charge in [-0.1, -0.05) is 50.2 Å². The first-order valence-electron chi connectivity index (χ1n) is 7.13. The van der Waals surface area contributed by atoms with E-state index < -0.39 is 10.0 Å². The van der Waals surface area contributed by atoms with Crippen molar-refractivity contribution in [1.29, 1.82) is 0 Å². The van der Waals surface area contributed by atoms with Crippen LogP contribution in [-0.4, -0.2) is 21.0 Å². The third-order valence-corrected chi connectivity index (χ3v) is 4.83. The lowest BCUT2D eigenvalue weighted by molar-refractivity contribution is 0.486. The van der Waals surface area contributed by atoms with Gasteiger partial charge in [0, 0.05) is 18.0 Å². The summed E-state index contributed by atoms with van der Waals surface area (Å²) in [7, 11) is -3.55. The molecule has 2 aromatic rings. The molecule has 2 rings (SSSR count). The molecule has 0 heterocycles. The topological polar surface area (TPSA) is 72.2 Å². The van der Waals surface area contributed by atoms with Gasteiger partial charge in [0.25, 0.3) is 0 Å². The highest BCUT2D eigenvalue weighted by Crippen LogP contribution is 2.22. The van der Waals surface area contributed by atoms with Crippen molar-refractivity contribution in [2.24, 2.45) is 11.7 Å². The SMILES string of the molecule is CC(C)CC(N)CNS(=O)(=O)c1cccc2ccccc12. The van der Waals surface area contributed by atoms with Crippen molar-refractivity contribution in [3.8, 4) is 0 Å². The van der Waals surface area contributed by atoms with E-state index in [4.69, 9.17) is 5.73 Å². The van der Waals surface area contributed by atoms with E-state index in [9.17, 15) is 8.42 Å². The second-order valence-corrected chi connectivity index (χ2v) is 7.45. The lowest BCUT2D eigenvalue weighted by Gasteiger charge is -2.15. The molecule has 0 spiro atoms. The summed E-state index contributed by atoms with van der Waals surface area (Å²) in [5, 5.41) is 1.64. The van der Waals surface area contributed by atoms with Crippen molar-refractivity contribution < 1.29 is 8.42 Å². The number of fused-ring (bicyclic) bond motifs is 1. The summed E-state index contributed by atoms with van der Waals surface area (Å²) in [5.41, 5.74) is 5.95. The molecule has 0 aliphatic heterocycles. The van der Waals surface area contributed by atoms with Gasteiger partial charge in [0.05, 0.1) is 4.90 Å². The predicted octanol–water partition coefficient (Wildman–Crippen LogP) is 2.49. The molecule has 0 amide bonds. The fourth-order valence-electron chi connectivity index (χ4n) is 2.41. The number of sulfonamides is 1. The number of benzene rings is 2. The molecular weight excluding hydrogens is 284 g/mol. The van der Waals surface area contributed by atoms with Crippen molar-refractivity contribution in [3.05, 3.63) is 42.5 Å². The average Bonchev–Trinajstić information content (AvgIpc) is 2.44. The zero-order chi connectivity index (χ0) is 15.5. The van der Waals surface area contributed by atoms with Crippen LogP contribution in [0.3, 0.4) is 0 Å². The van der Waals surface area contributed by atoms with Gasteiger partial charge in [-0.15, -0.1) is 0 Å². The van der Waals surface area contributed by atoms with Crippen LogP contribution in [0.1, 0.15) is 20.3 Å². The average molecular weight is 306 g/mol. The van der Waals surface area contributed by atoms with E-state index in [1.807, 2.05) is 30.3 Å². The van der Waals surface area contributed by atoms with Crippen molar-refractivity contribution in [2.45, 2.75) is 31.2 Å². The molecule has 0 aliphatic rings. The fourth-order valence-corrected chi connectivity index (χ4v) is 3.74. The van der Waals surface area contributed by atoms with Crippen LogP contribution in [0.15, 0.2) is 47.4 Å². The summed E-state index contributed by atoms with van der Waals surface area (Å²) in [6, 6.07) is 12.6. The van der Waals surface area contributed by atoms with Crippen LogP contribution < -0.4 is 10.5 Å². The van der Waals surface area contributed by atoms with Crippen molar-refractivity contribution in [2.75, 3.05) is 6.54 Å². The number of nitrogens with two attached hydrogens (primary N) is 1. The molecule has 5 heteroatoms. The first-order chi connectivity index (χ1) is 9.90. The Labute approximate surface area is 126 Å². The van der Waals surface area contributed by atoms with Crippen LogP contribution in [0.4, 0.5) is 0 Å². The van der Waals surface area contributed by atoms with Gasteiger partial charge in [-0.3, -0.25) is 0 Å². The lowest BCUT2D eigenvalue weighted by Crippen LogP contribution is -2.38. The first kappa shape index (κ1) is 15.9. The molecular formula is C16H22N2O2S. The maximum Gasteiger partial charge on any atom is 0.241 e. The number of hydrogen-bond acceptors (Lipinski definition) is 3. The Hall–Kier alpha value is -1.43. The molecule has 1 atom stereocenters. The Morgan fingerprint density at radius 2 is 1.76 bits per heavy atom. The zero-order valence-electron chi connectivity index (χ0n) is 12.4. The molecule has 0 saturated heterocycles. The minimum atomic E-state index is -3.55. The van der Waals surface area contributed by atoms with Gasteiger partial charge in [0.1, 0.15) is 0 Å². The third-order valence-electron chi connectivity index (χ3n) is 3.35. The summed E-state index contributed by atoms with van der Waals surface area (Å²) in [4.78, 5) is 0.303. The van der Waals surface area contributed by atoms with E-state index in [2.05, 4.69) is 18.6 Å². The molecule has 2 aromatic carbocycles. The van der Waals surface area contributed by atoms with Crippen LogP contribution in [0, 0.1) is 5.92 Å². The standard InChI is InChI=1S/C16H22N2O2S/c1-12(2)10-14(17)11-18-21(19,20)16-9-5-7-13-6-3-4-8-15(13)16/h3-9,12,14,18H,10-11,17H2,1-2H3. The number of hydrogen-bond donors (Lipinski definition) is 2. The summed E-state index contributed by atoms with van der Waals surface area (Å²) in [5.74, 6) is 0.446. The third kappa shape index (κ3) is 4.03. The molecule has 21 heavy (non-hydrogen) atoms. The van der Waals surface area contributed by atoms with Crippen LogP contribution in [0.25, 0.3) is 10.8 Å². The Morgan fingerprint density at radius 3 is 2.48 bits per heavy atom. The largest absolute Gasteiger partial charge is 0.327 e. The Bertz CT molecular complexity index is 706. The van der Waals surface area contributed by atoms with Gasteiger partial charge in [-0.05, 0) is 23.8 Å². The first-order valence-corrected chi connectivity index (χ1v) is 8.61. The number of nitrogens with one attached hydrogen (secondary N) is 1. The highest BCUT2D eigenvalue weighted by Gasteiger charge is 2.18. The van der Waals surface area contributed by atoms with E-state index in [0.717, 1.165) is 17.2 Å². The minimum absolute atomic E-state index is 0.172. The van der Waals surface area contributed by atoms with Crippen molar-refractivity contribution in [3.63, 3.8) is 0 Å². The van der Waals surface area contributed by atoms with E-state index in [1.165, 1.54) is 0 Å². The molecule has 1 unspecified atom stereocenters. The van der Waals surface area contributed by atoms with Gasteiger partial charge in [0.2, 0.25) is 10.0 Å². The Kier molecular flexibility index (Phi) is 4.98. The van der Waals surface area contributed by atoms with Crippen LogP contribution in [-0.2, 0) is 10.0 Å². The predicted molar refractivity (Wildman–Crippen MR) is 86.6 cm³/mol. The van der Waals surface area contributed by atoms with Crippen molar-refractivity contribution in [1.82, 2.24) is 4.72 Å². The Balaban J connectivity index is 2.22. The monoisotopic (exact) mass is 306 g/mol. The molecule has 4 nitrogen and oxygen atoms in total. The molecule has 0 aliphatic carbocycles. The summed E-state index contributed by atoms with van der Waals surface area (Å²) in [6.07, 6.45) is 0.790. The molecule has 0 saturated carbocycles. The highest BCUT2D eigenvalue weighted by molar-refractivity contribution is 7.89. The van der Waals surface area contributed by atoms with E-state index in [1.54, 1.807) is 12.1 Å². The second kappa shape index (κ2) is 6.56. The molecule has 0 fully saturated rings. The Morgan fingerprint density at radius 1 is 1.10 bits per heavy atom.